The third kappa shape index (κ3) is 5.82. The van der Waals surface area contributed by atoms with Gasteiger partial charge in [-0.25, -0.2) is 0 Å². The average Bonchev–Trinajstić information content (AvgIpc) is 2.92. The van der Waals surface area contributed by atoms with Crippen LogP contribution in [-0.2, 0) is 11.3 Å². The summed E-state index contributed by atoms with van der Waals surface area (Å²) in [5.41, 5.74) is 1.90. The van der Waals surface area contributed by atoms with Crippen LogP contribution in [0.1, 0.15) is 49.7 Å². The number of rotatable bonds is 5. The molecule has 2 fully saturated rings. The molecule has 0 spiro atoms. The highest BCUT2D eigenvalue weighted by Crippen LogP contribution is 2.17. The maximum Gasteiger partial charge on any atom is 0.234 e. The normalized spacial score (nSPS) is 20.3. The Morgan fingerprint density at radius 1 is 1.08 bits per heavy atom. The summed E-state index contributed by atoms with van der Waals surface area (Å²) < 4.78 is 0. The monoisotopic (exact) mass is 354 g/mol. The van der Waals surface area contributed by atoms with Crippen molar-refractivity contribution in [1.29, 1.82) is 5.26 Å². The number of nitrogens with one attached hydrogen (secondary N) is 1. The lowest BCUT2D eigenvalue weighted by molar-refractivity contribution is -0.123. The predicted octanol–water partition coefficient (Wildman–Crippen LogP) is 2.51. The van der Waals surface area contributed by atoms with Crippen molar-refractivity contribution < 1.29 is 4.79 Å². The van der Waals surface area contributed by atoms with Gasteiger partial charge in [-0.05, 0) is 30.5 Å². The van der Waals surface area contributed by atoms with Crippen LogP contribution in [0.2, 0.25) is 0 Å². The lowest BCUT2D eigenvalue weighted by atomic mass is 10.1. The smallest absolute Gasteiger partial charge is 0.234 e. The van der Waals surface area contributed by atoms with Crippen LogP contribution >= 0.6 is 0 Å². The zero-order chi connectivity index (χ0) is 18.2. The second-order valence-electron chi connectivity index (χ2n) is 7.62. The zero-order valence-corrected chi connectivity index (χ0v) is 15.6. The molecular weight excluding hydrogens is 324 g/mol. The molecule has 1 saturated heterocycles. The molecular formula is C21H30N4O. The van der Waals surface area contributed by atoms with Gasteiger partial charge in [0.25, 0.3) is 0 Å². The van der Waals surface area contributed by atoms with E-state index in [-0.39, 0.29) is 5.91 Å². The number of hydrogen-bond donors (Lipinski definition) is 1. The number of carbonyl (C=O) groups is 1. The molecule has 26 heavy (non-hydrogen) atoms. The van der Waals surface area contributed by atoms with E-state index < -0.39 is 0 Å². The number of nitrogens with zero attached hydrogens (tertiary/aromatic N) is 3. The number of benzene rings is 1. The molecule has 1 aliphatic carbocycles. The Balaban J connectivity index is 1.39. The molecule has 3 rings (SSSR count). The molecule has 1 aromatic rings. The van der Waals surface area contributed by atoms with E-state index in [0.717, 1.165) is 51.1 Å². The van der Waals surface area contributed by atoms with Gasteiger partial charge in [-0.2, -0.15) is 5.26 Å². The van der Waals surface area contributed by atoms with Gasteiger partial charge in [-0.15, -0.1) is 0 Å². The van der Waals surface area contributed by atoms with Gasteiger partial charge >= 0.3 is 0 Å². The Labute approximate surface area is 157 Å². The van der Waals surface area contributed by atoms with E-state index in [1.54, 1.807) is 0 Å². The summed E-state index contributed by atoms with van der Waals surface area (Å²) in [4.78, 5) is 17.0. The van der Waals surface area contributed by atoms with E-state index in [1.165, 1.54) is 31.2 Å². The van der Waals surface area contributed by atoms with Crippen LogP contribution in [0.5, 0.6) is 0 Å². The quantitative estimate of drug-likeness (QED) is 0.826. The maximum atomic E-state index is 12.3. The molecule has 2 aliphatic rings. The Hall–Kier alpha value is -1.90. The fourth-order valence-corrected chi connectivity index (χ4v) is 4.00. The second kappa shape index (κ2) is 9.70. The topological polar surface area (TPSA) is 59.4 Å². The lowest BCUT2D eigenvalue weighted by Gasteiger charge is -2.34. The molecule has 5 nitrogen and oxygen atoms in total. The summed E-state index contributed by atoms with van der Waals surface area (Å²) in [7, 11) is 0. The van der Waals surface area contributed by atoms with Crippen molar-refractivity contribution in [1.82, 2.24) is 15.1 Å². The summed E-state index contributed by atoms with van der Waals surface area (Å²) in [6.45, 7) is 5.18. The van der Waals surface area contributed by atoms with Crippen LogP contribution in [-0.4, -0.2) is 54.5 Å². The number of hydrogen-bond acceptors (Lipinski definition) is 4. The van der Waals surface area contributed by atoms with E-state index in [9.17, 15) is 4.79 Å². The third-order valence-corrected chi connectivity index (χ3v) is 5.51. The van der Waals surface area contributed by atoms with Gasteiger partial charge < -0.3 is 5.32 Å². The van der Waals surface area contributed by atoms with Gasteiger partial charge in [-0.3, -0.25) is 14.6 Å². The van der Waals surface area contributed by atoms with Crippen LogP contribution in [0.3, 0.4) is 0 Å². The van der Waals surface area contributed by atoms with Crippen LogP contribution in [0, 0.1) is 11.3 Å². The number of carbonyl (C=O) groups excluding carboxylic acids is 1. The fourth-order valence-electron chi connectivity index (χ4n) is 4.00. The molecule has 1 aromatic carbocycles. The summed E-state index contributed by atoms with van der Waals surface area (Å²) >= 11 is 0. The van der Waals surface area contributed by atoms with Crippen molar-refractivity contribution in [2.75, 3.05) is 32.7 Å². The van der Waals surface area contributed by atoms with Gasteiger partial charge in [-0.1, -0.05) is 37.8 Å². The molecule has 1 aliphatic heterocycles. The van der Waals surface area contributed by atoms with Crippen molar-refractivity contribution in [3.8, 4) is 6.07 Å². The lowest BCUT2D eigenvalue weighted by Crippen LogP contribution is -2.50. The van der Waals surface area contributed by atoms with Gasteiger partial charge in [0, 0.05) is 38.8 Å². The summed E-state index contributed by atoms with van der Waals surface area (Å²) in [5.74, 6) is 0.187. The largest absolute Gasteiger partial charge is 0.352 e. The van der Waals surface area contributed by atoms with E-state index in [0.29, 0.717) is 12.6 Å². The van der Waals surface area contributed by atoms with Crippen LogP contribution in [0.4, 0.5) is 0 Å². The van der Waals surface area contributed by atoms with Crippen molar-refractivity contribution >= 4 is 5.91 Å². The molecule has 1 saturated carbocycles. The van der Waals surface area contributed by atoms with E-state index in [4.69, 9.17) is 5.26 Å². The second-order valence-corrected chi connectivity index (χ2v) is 7.62. The highest BCUT2D eigenvalue weighted by molar-refractivity contribution is 5.78. The first-order valence-corrected chi connectivity index (χ1v) is 9.96. The highest BCUT2D eigenvalue weighted by atomic mass is 16.2. The maximum absolute atomic E-state index is 12.3. The highest BCUT2D eigenvalue weighted by Gasteiger charge is 2.21. The van der Waals surface area contributed by atoms with Crippen LogP contribution in [0.25, 0.3) is 0 Å². The van der Waals surface area contributed by atoms with E-state index >= 15 is 0 Å². The summed E-state index contributed by atoms with van der Waals surface area (Å²) in [5, 5.41) is 12.3. The minimum Gasteiger partial charge on any atom is -0.352 e. The zero-order valence-electron chi connectivity index (χ0n) is 15.6. The first-order valence-electron chi connectivity index (χ1n) is 9.96. The summed E-state index contributed by atoms with van der Waals surface area (Å²) in [6, 6.07) is 10.4. The molecule has 5 heteroatoms. The van der Waals surface area contributed by atoms with Crippen molar-refractivity contribution in [3.05, 3.63) is 35.4 Å². The minimum absolute atomic E-state index is 0.187. The number of amides is 1. The molecule has 0 bridgehead atoms. The van der Waals surface area contributed by atoms with E-state index in [2.05, 4.69) is 27.3 Å². The minimum atomic E-state index is 0.187. The fraction of sp³-hybridized carbons (Fsp3) is 0.619. The molecule has 1 amide bonds. The van der Waals surface area contributed by atoms with Crippen molar-refractivity contribution in [3.63, 3.8) is 0 Å². The van der Waals surface area contributed by atoms with Crippen molar-refractivity contribution in [2.24, 2.45) is 0 Å². The number of nitriles is 1. The van der Waals surface area contributed by atoms with E-state index in [1.807, 2.05) is 18.2 Å². The molecule has 0 aromatic heterocycles. The predicted molar refractivity (Wildman–Crippen MR) is 103 cm³/mol. The Kier molecular flexibility index (Phi) is 7.04. The van der Waals surface area contributed by atoms with Gasteiger partial charge in [0.05, 0.1) is 18.2 Å². The van der Waals surface area contributed by atoms with Crippen molar-refractivity contribution in [2.45, 2.75) is 51.1 Å². The first-order chi connectivity index (χ1) is 12.7. The van der Waals surface area contributed by atoms with Crippen LogP contribution < -0.4 is 5.32 Å². The third-order valence-electron chi connectivity index (χ3n) is 5.51. The Bertz CT molecular complexity index is 623. The first kappa shape index (κ1) is 18.9. The average molecular weight is 354 g/mol. The Morgan fingerprint density at radius 2 is 1.77 bits per heavy atom. The molecule has 0 unspecified atom stereocenters. The molecule has 0 atom stereocenters. The van der Waals surface area contributed by atoms with Gasteiger partial charge in [0.2, 0.25) is 5.91 Å². The van der Waals surface area contributed by atoms with Gasteiger partial charge in [0.1, 0.15) is 0 Å². The summed E-state index contributed by atoms with van der Waals surface area (Å²) in [6.07, 6.45) is 7.40. The standard InChI is InChI=1S/C21H30N4O/c22-15-18-6-5-7-19(14-18)16-24-10-12-25(13-11-24)17-21(26)23-20-8-3-1-2-4-9-20/h5-7,14,20H,1-4,8-13,16-17H2,(H,23,26). The Morgan fingerprint density at radius 3 is 2.46 bits per heavy atom. The molecule has 140 valence electrons. The molecule has 0 radical (unpaired) electrons. The SMILES string of the molecule is N#Cc1cccc(CN2CCN(CC(=O)NC3CCCCCC3)CC2)c1. The molecule has 1 heterocycles. The molecule has 1 N–H and O–H groups in total. The van der Waals surface area contributed by atoms with Gasteiger partial charge in [0.15, 0.2) is 0 Å². The van der Waals surface area contributed by atoms with Crippen LogP contribution in [0.15, 0.2) is 24.3 Å². The number of piperazine rings is 1.